The third-order valence-electron chi connectivity index (χ3n) is 5.61. The first-order valence-electron chi connectivity index (χ1n) is 12.0. The number of carbonyl (C=O) groups is 1. The van der Waals surface area contributed by atoms with Gasteiger partial charge in [0.25, 0.3) is 15.9 Å². The van der Waals surface area contributed by atoms with E-state index in [9.17, 15) is 17.6 Å². The molecule has 0 bridgehead atoms. The van der Waals surface area contributed by atoms with Gasteiger partial charge in [0.2, 0.25) is 0 Å². The van der Waals surface area contributed by atoms with Crippen molar-refractivity contribution in [3.63, 3.8) is 0 Å². The Morgan fingerprint density at radius 2 is 1.52 bits per heavy atom. The van der Waals surface area contributed by atoms with Crippen molar-refractivity contribution in [3.05, 3.63) is 108 Å². The van der Waals surface area contributed by atoms with Gasteiger partial charge in [0.1, 0.15) is 23.9 Å². The van der Waals surface area contributed by atoms with E-state index in [1.807, 2.05) is 30.3 Å². The lowest BCUT2D eigenvalue weighted by Gasteiger charge is -2.24. The Morgan fingerprint density at radius 3 is 2.17 bits per heavy atom. The van der Waals surface area contributed by atoms with Crippen LogP contribution in [0.2, 0.25) is 0 Å². The Morgan fingerprint density at radius 1 is 0.875 bits per heavy atom. The van der Waals surface area contributed by atoms with Crippen LogP contribution in [-0.2, 0) is 14.8 Å². The summed E-state index contributed by atoms with van der Waals surface area (Å²) in [6.45, 7) is -0.622. The van der Waals surface area contributed by atoms with Crippen molar-refractivity contribution in [2.24, 2.45) is 5.10 Å². The second kappa shape index (κ2) is 12.8. The van der Waals surface area contributed by atoms with Crippen molar-refractivity contribution in [2.45, 2.75) is 4.90 Å². The Kier molecular flexibility index (Phi) is 8.97. The summed E-state index contributed by atoms with van der Waals surface area (Å²) >= 11 is 0. The highest BCUT2D eigenvalue weighted by atomic mass is 32.2. The van der Waals surface area contributed by atoms with Crippen molar-refractivity contribution in [2.75, 3.05) is 25.1 Å². The summed E-state index contributed by atoms with van der Waals surface area (Å²) in [6.07, 6.45) is 1.41. The summed E-state index contributed by atoms with van der Waals surface area (Å²) in [5.41, 5.74) is 3.10. The monoisotopic (exact) mass is 563 g/mol. The number of para-hydroxylation sites is 1. The number of benzene rings is 4. The second-order valence-electron chi connectivity index (χ2n) is 8.28. The number of ether oxygens (including phenoxy) is 3. The van der Waals surface area contributed by atoms with Crippen LogP contribution in [-0.4, -0.2) is 41.3 Å². The van der Waals surface area contributed by atoms with Gasteiger partial charge in [-0.05, 0) is 78.4 Å². The van der Waals surface area contributed by atoms with Crippen molar-refractivity contribution in [3.8, 4) is 23.0 Å². The molecule has 1 amide bonds. The lowest BCUT2D eigenvalue weighted by molar-refractivity contribution is -0.119. The minimum absolute atomic E-state index is 0.0873. The van der Waals surface area contributed by atoms with Gasteiger partial charge in [0.05, 0.1) is 31.0 Å². The molecule has 0 fully saturated rings. The maximum Gasteiger partial charge on any atom is 0.264 e. The van der Waals surface area contributed by atoms with E-state index in [0.29, 0.717) is 22.8 Å². The zero-order valence-corrected chi connectivity index (χ0v) is 22.5. The first-order valence-corrected chi connectivity index (χ1v) is 13.4. The quantitative estimate of drug-likeness (QED) is 0.204. The molecule has 0 aliphatic carbocycles. The van der Waals surface area contributed by atoms with Crippen molar-refractivity contribution >= 4 is 27.8 Å². The maximum absolute atomic E-state index is 13.6. The molecule has 1 N–H and O–H groups in total. The number of halogens is 1. The molecule has 0 aromatic heterocycles. The van der Waals surface area contributed by atoms with Gasteiger partial charge in [-0.2, -0.15) is 5.10 Å². The molecule has 0 saturated carbocycles. The molecule has 206 valence electrons. The second-order valence-corrected chi connectivity index (χ2v) is 10.1. The molecule has 9 nitrogen and oxygen atoms in total. The average Bonchev–Trinajstić information content (AvgIpc) is 2.97. The summed E-state index contributed by atoms with van der Waals surface area (Å²) in [6, 6.07) is 25.1. The summed E-state index contributed by atoms with van der Waals surface area (Å²) < 4.78 is 57.7. The van der Waals surface area contributed by atoms with E-state index in [1.54, 1.807) is 24.3 Å². The zero-order chi connectivity index (χ0) is 28.5. The van der Waals surface area contributed by atoms with Crippen LogP contribution in [0.3, 0.4) is 0 Å². The van der Waals surface area contributed by atoms with Crippen LogP contribution in [0, 0.1) is 5.82 Å². The summed E-state index contributed by atoms with van der Waals surface area (Å²) in [5, 5.41) is 3.94. The molecule has 0 heterocycles. The van der Waals surface area contributed by atoms with Crippen LogP contribution < -0.4 is 23.9 Å². The molecule has 4 aromatic carbocycles. The number of hydrogen-bond acceptors (Lipinski definition) is 7. The number of amides is 1. The molecule has 0 aliphatic heterocycles. The van der Waals surface area contributed by atoms with E-state index in [0.717, 1.165) is 16.4 Å². The molecule has 40 heavy (non-hydrogen) atoms. The van der Waals surface area contributed by atoms with E-state index in [4.69, 9.17) is 14.2 Å². The number of nitrogens with one attached hydrogen (secondary N) is 1. The summed E-state index contributed by atoms with van der Waals surface area (Å²) in [4.78, 5) is 12.6. The molecule has 0 atom stereocenters. The highest BCUT2D eigenvalue weighted by molar-refractivity contribution is 7.92. The number of hydrogen-bond donors (Lipinski definition) is 1. The molecule has 4 rings (SSSR count). The van der Waals surface area contributed by atoms with Crippen LogP contribution in [0.25, 0.3) is 0 Å². The van der Waals surface area contributed by atoms with E-state index in [-0.39, 0.29) is 16.3 Å². The van der Waals surface area contributed by atoms with Gasteiger partial charge in [-0.1, -0.05) is 18.2 Å². The van der Waals surface area contributed by atoms with Crippen molar-refractivity contribution in [1.29, 1.82) is 0 Å². The fourth-order valence-electron chi connectivity index (χ4n) is 3.62. The SMILES string of the molecule is COc1ccc(S(=O)(=O)N(CC(=O)N/N=C\c2ccc(Oc3ccccc3)cc2)c2ccc(F)cc2)cc1OC. The highest BCUT2D eigenvalue weighted by Crippen LogP contribution is 2.32. The maximum atomic E-state index is 13.6. The summed E-state index contributed by atoms with van der Waals surface area (Å²) in [7, 11) is -1.48. The van der Waals surface area contributed by atoms with E-state index in [1.165, 1.54) is 50.8 Å². The fourth-order valence-corrected chi connectivity index (χ4v) is 5.05. The number of rotatable bonds is 11. The number of carbonyl (C=O) groups excluding carboxylic acids is 1. The van der Waals surface area contributed by atoms with E-state index < -0.39 is 28.3 Å². The molecule has 0 saturated heterocycles. The number of hydrazone groups is 1. The standard InChI is InChI=1S/C29H26FN3O6S/c1-37-27-17-16-26(18-28(27)38-2)40(35,36)33(23-12-10-22(30)11-13-23)20-29(34)32-31-19-21-8-14-25(15-9-21)39-24-6-4-3-5-7-24/h3-19H,20H2,1-2H3,(H,32,34)/b31-19-. The Bertz CT molecular complexity index is 1580. The highest BCUT2D eigenvalue weighted by Gasteiger charge is 2.28. The van der Waals surface area contributed by atoms with Gasteiger partial charge < -0.3 is 14.2 Å². The first kappa shape index (κ1) is 28.1. The minimum Gasteiger partial charge on any atom is -0.493 e. The lowest BCUT2D eigenvalue weighted by Crippen LogP contribution is -2.39. The van der Waals surface area contributed by atoms with Gasteiger partial charge in [-0.15, -0.1) is 0 Å². The Hall–Kier alpha value is -4.90. The lowest BCUT2D eigenvalue weighted by atomic mass is 10.2. The van der Waals surface area contributed by atoms with Gasteiger partial charge >= 0.3 is 0 Å². The van der Waals surface area contributed by atoms with Crippen LogP contribution in [0.1, 0.15) is 5.56 Å². The molecule has 4 aromatic rings. The minimum atomic E-state index is -4.28. The zero-order valence-electron chi connectivity index (χ0n) is 21.7. The number of anilines is 1. The third kappa shape index (κ3) is 6.94. The largest absolute Gasteiger partial charge is 0.493 e. The molecule has 0 radical (unpaired) electrons. The topological polar surface area (TPSA) is 107 Å². The van der Waals surface area contributed by atoms with Crippen LogP contribution in [0.15, 0.2) is 107 Å². The fraction of sp³-hybridized carbons (Fsp3) is 0.103. The predicted octanol–water partition coefficient (Wildman–Crippen LogP) is 4.98. The van der Waals surface area contributed by atoms with Gasteiger partial charge in [0, 0.05) is 6.07 Å². The predicted molar refractivity (Wildman–Crippen MR) is 149 cm³/mol. The van der Waals surface area contributed by atoms with Crippen LogP contribution in [0.5, 0.6) is 23.0 Å². The summed E-state index contributed by atoms with van der Waals surface area (Å²) in [5.74, 6) is 0.584. The normalized spacial score (nSPS) is 11.2. The molecule has 0 spiro atoms. The molecular weight excluding hydrogens is 537 g/mol. The van der Waals surface area contributed by atoms with Crippen LogP contribution >= 0.6 is 0 Å². The molecule has 11 heteroatoms. The van der Waals surface area contributed by atoms with Gasteiger partial charge in [-0.3, -0.25) is 9.10 Å². The molecular formula is C29H26FN3O6S. The number of nitrogens with zero attached hydrogens (tertiary/aromatic N) is 2. The number of methoxy groups -OCH3 is 2. The third-order valence-corrected chi connectivity index (χ3v) is 7.38. The molecule has 0 aliphatic rings. The Balaban J connectivity index is 1.49. The van der Waals surface area contributed by atoms with Crippen molar-refractivity contribution < 1.29 is 31.8 Å². The van der Waals surface area contributed by atoms with E-state index >= 15 is 0 Å². The number of sulfonamides is 1. The van der Waals surface area contributed by atoms with Gasteiger partial charge in [-0.25, -0.2) is 18.2 Å². The van der Waals surface area contributed by atoms with Crippen molar-refractivity contribution in [1.82, 2.24) is 5.43 Å². The average molecular weight is 564 g/mol. The smallest absolute Gasteiger partial charge is 0.264 e. The molecule has 0 unspecified atom stereocenters. The van der Waals surface area contributed by atoms with E-state index in [2.05, 4.69) is 10.5 Å². The van der Waals surface area contributed by atoms with Gasteiger partial charge in [0.15, 0.2) is 11.5 Å². The van der Waals surface area contributed by atoms with Crippen LogP contribution in [0.4, 0.5) is 10.1 Å². The first-order chi connectivity index (χ1) is 19.3. The Labute approximate surface area is 231 Å².